The predicted molar refractivity (Wildman–Crippen MR) is 114 cm³/mol. The van der Waals surface area contributed by atoms with Crippen LogP contribution in [-0.2, 0) is 17.6 Å². The van der Waals surface area contributed by atoms with Crippen molar-refractivity contribution >= 4 is 29.0 Å². The molecule has 1 amide bonds. The van der Waals surface area contributed by atoms with E-state index in [1.165, 1.54) is 5.56 Å². The minimum atomic E-state index is -0.216. The molecular weight excluding hydrogens is 370 g/mol. The first-order chi connectivity index (χ1) is 13.6. The molecule has 0 radical (unpaired) electrons. The highest BCUT2D eigenvalue weighted by Crippen LogP contribution is 2.15. The summed E-state index contributed by atoms with van der Waals surface area (Å²) in [6, 6.07) is 24.4. The molecule has 0 spiro atoms. The van der Waals surface area contributed by atoms with Crippen LogP contribution in [-0.4, -0.2) is 11.7 Å². The van der Waals surface area contributed by atoms with Gasteiger partial charge in [0.1, 0.15) is 5.78 Å². The Labute approximate surface area is 170 Å². The van der Waals surface area contributed by atoms with Gasteiger partial charge in [-0.05, 0) is 54.3 Å². The summed E-state index contributed by atoms with van der Waals surface area (Å²) >= 11 is 5.92. The number of rotatable bonds is 8. The number of nitrogens with one attached hydrogen (secondary N) is 1. The fourth-order valence-corrected chi connectivity index (χ4v) is 3.18. The van der Waals surface area contributed by atoms with Crippen LogP contribution in [0.5, 0.6) is 0 Å². The van der Waals surface area contributed by atoms with Crippen molar-refractivity contribution in [3.8, 4) is 0 Å². The number of anilines is 1. The van der Waals surface area contributed by atoms with Crippen LogP contribution >= 0.6 is 11.6 Å². The summed E-state index contributed by atoms with van der Waals surface area (Å²) in [5, 5.41) is 3.36. The quantitative estimate of drug-likeness (QED) is 0.533. The summed E-state index contributed by atoms with van der Waals surface area (Å²) < 4.78 is 0. The van der Waals surface area contributed by atoms with E-state index in [2.05, 4.69) is 17.4 Å². The van der Waals surface area contributed by atoms with Crippen LogP contribution < -0.4 is 5.32 Å². The van der Waals surface area contributed by atoms with Crippen molar-refractivity contribution in [2.24, 2.45) is 0 Å². The van der Waals surface area contributed by atoms with E-state index in [0.717, 1.165) is 18.4 Å². The Bertz CT molecular complexity index is 936. The average molecular weight is 392 g/mol. The van der Waals surface area contributed by atoms with Gasteiger partial charge in [0.15, 0.2) is 0 Å². The third-order valence-electron chi connectivity index (χ3n) is 4.46. The maximum absolute atomic E-state index is 12.2. The molecule has 1 N–H and O–H groups in total. The molecule has 0 aliphatic carbocycles. The van der Waals surface area contributed by atoms with Gasteiger partial charge in [0.2, 0.25) is 0 Å². The summed E-state index contributed by atoms with van der Waals surface area (Å²) in [6.45, 7) is 0. The normalized spacial score (nSPS) is 10.5. The maximum atomic E-state index is 12.2. The SMILES string of the molecule is O=C(CCCc1ccccc1)Cc1ccc(NC(=O)c2cccc(Cl)c2)cc1. The van der Waals surface area contributed by atoms with Crippen LogP contribution in [0.1, 0.15) is 34.3 Å². The molecule has 3 aromatic rings. The van der Waals surface area contributed by atoms with E-state index < -0.39 is 0 Å². The minimum absolute atomic E-state index is 0.216. The van der Waals surface area contributed by atoms with Crippen LogP contribution in [0.25, 0.3) is 0 Å². The molecule has 0 unspecified atom stereocenters. The Morgan fingerprint density at radius 1 is 0.821 bits per heavy atom. The van der Waals surface area contributed by atoms with Crippen molar-refractivity contribution in [3.63, 3.8) is 0 Å². The van der Waals surface area contributed by atoms with Gasteiger partial charge in [-0.2, -0.15) is 0 Å². The van der Waals surface area contributed by atoms with E-state index in [1.54, 1.807) is 24.3 Å². The van der Waals surface area contributed by atoms with Crippen LogP contribution in [0.2, 0.25) is 5.02 Å². The molecule has 3 rings (SSSR count). The number of amides is 1. The van der Waals surface area contributed by atoms with Gasteiger partial charge in [0.25, 0.3) is 5.91 Å². The highest BCUT2D eigenvalue weighted by molar-refractivity contribution is 6.31. The first-order valence-electron chi connectivity index (χ1n) is 9.31. The van der Waals surface area contributed by atoms with E-state index >= 15 is 0 Å². The van der Waals surface area contributed by atoms with Gasteiger partial charge in [-0.15, -0.1) is 0 Å². The van der Waals surface area contributed by atoms with Crippen molar-refractivity contribution in [1.29, 1.82) is 0 Å². The molecule has 28 heavy (non-hydrogen) atoms. The monoisotopic (exact) mass is 391 g/mol. The van der Waals surface area contributed by atoms with Crippen molar-refractivity contribution in [2.75, 3.05) is 5.32 Å². The molecule has 142 valence electrons. The van der Waals surface area contributed by atoms with Gasteiger partial charge in [-0.25, -0.2) is 0 Å². The standard InChI is InChI=1S/C24H22ClNO2/c25-21-10-5-9-20(17-21)24(28)26-22-14-12-19(13-15-22)16-23(27)11-4-8-18-6-2-1-3-7-18/h1-3,5-7,9-10,12-15,17H,4,8,11,16H2,(H,26,28). The number of benzene rings is 3. The Balaban J connectivity index is 1.47. The largest absolute Gasteiger partial charge is 0.322 e. The second kappa shape index (κ2) is 9.86. The van der Waals surface area contributed by atoms with Gasteiger partial charge in [-0.3, -0.25) is 9.59 Å². The zero-order valence-electron chi connectivity index (χ0n) is 15.5. The molecular formula is C24H22ClNO2. The Morgan fingerprint density at radius 3 is 2.29 bits per heavy atom. The molecule has 0 atom stereocenters. The van der Waals surface area contributed by atoms with Gasteiger partial charge < -0.3 is 5.32 Å². The molecule has 0 saturated heterocycles. The molecule has 0 aromatic heterocycles. The van der Waals surface area contributed by atoms with Crippen molar-refractivity contribution in [2.45, 2.75) is 25.7 Å². The fourth-order valence-electron chi connectivity index (χ4n) is 2.99. The second-order valence-corrected chi connectivity index (χ2v) is 7.15. The molecule has 0 fully saturated rings. The van der Waals surface area contributed by atoms with E-state index in [0.29, 0.717) is 29.1 Å². The van der Waals surface area contributed by atoms with Crippen molar-refractivity contribution in [3.05, 3.63) is 101 Å². The molecule has 0 bridgehead atoms. The number of carbonyl (C=O) groups excluding carboxylic acids is 2. The van der Waals surface area contributed by atoms with Crippen LogP contribution in [0, 0.1) is 0 Å². The first kappa shape index (κ1) is 19.8. The summed E-state index contributed by atoms with van der Waals surface area (Å²) in [5.41, 5.74) is 3.40. The van der Waals surface area contributed by atoms with Crippen molar-refractivity contribution in [1.82, 2.24) is 0 Å². The lowest BCUT2D eigenvalue weighted by Crippen LogP contribution is -2.11. The second-order valence-electron chi connectivity index (χ2n) is 6.72. The lowest BCUT2D eigenvalue weighted by Gasteiger charge is -2.07. The van der Waals surface area contributed by atoms with Gasteiger partial charge in [0.05, 0.1) is 0 Å². The summed E-state index contributed by atoms with van der Waals surface area (Å²) in [6.07, 6.45) is 2.76. The molecule has 0 aliphatic heterocycles. The Morgan fingerprint density at radius 2 is 1.57 bits per heavy atom. The van der Waals surface area contributed by atoms with Crippen molar-refractivity contribution < 1.29 is 9.59 Å². The Hall–Kier alpha value is -2.91. The number of hydrogen-bond donors (Lipinski definition) is 1. The van der Waals surface area contributed by atoms with Gasteiger partial charge in [0, 0.05) is 29.1 Å². The molecule has 3 nitrogen and oxygen atoms in total. The number of Topliss-reactive ketones (excluding diaryl/α,β-unsaturated/α-hetero) is 1. The first-order valence-corrected chi connectivity index (χ1v) is 9.69. The minimum Gasteiger partial charge on any atom is -0.322 e. The lowest BCUT2D eigenvalue weighted by atomic mass is 10.0. The number of aryl methyl sites for hydroxylation is 1. The zero-order valence-corrected chi connectivity index (χ0v) is 16.3. The lowest BCUT2D eigenvalue weighted by molar-refractivity contribution is -0.118. The van der Waals surface area contributed by atoms with Crippen LogP contribution in [0.3, 0.4) is 0 Å². The van der Waals surface area contributed by atoms with Gasteiger partial charge in [-0.1, -0.05) is 60.1 Å². The smallest absolute Gasteiger partial charge is 0.255 e. The van der Waals surface area contributed by atoms with Gasteiger partial charge >= 0.3 is 0 Å². The number of carbonyl (C=O) groups is 2. The highest BCUT2D eigenvalue weighted by atomic mass is 35.5. The highest BCUT2D eigenvalue weighted by Gasteiger charge is 2.08. The third kappa shape index (κ3) is 6.07. The summed E-state index contributed by atoms with van der Waals surface area (Å²) in [4.78, 5) is 24.4. The topological polar surface area (TPSA) is 46.2 Å². The molecule has 3 aromatic carbocycles. The summed E-state index contributed by atoms with van der Waals surface area (Å²) in [7, 11) is 0. The Kier molecular flexibility index (Phi) is 6.99. The third-order valence-corrected chi connectivity index (χ3v) is 4.70. The predicted octanol–water partition coefficient (Wildman–Crippen LogP) is 5.73. The van der Waals surface area contributed by atoms with E-state index in [1.807, 2.05) is 42.5 Å². The maximum Gasteiger partial charge on any atom is 0.255 e. The fraction of sp³-hybridized carbons (Fsp3) is 0.167. The summed E-state index contributed by atoms with van der Waals surface area (Å²) in [5.74, 6) is 0.0129. The van der Waals surface area contributed by atoms with Crippen LogP contribution in [0.15, 0.2) is 78.9 Å². The molecule has 0 aliphatic rings. The molecule has 0 saturated carbocycles. The number of halogens is 1. The average Bonchev–Trinajstić information content (AvgIpc) is 2.70. The van der Waals surface area contributed by atoms with E-state index in [9.17, 15) is 9.59 Å². The van der Waals surface area contributed by atoms with E-state index in [-0.39, 0.29) is 11.7 Å². The zero-order chi connectivity index (χ0) is 19.8. The number of ketones is 1. The molecule has 0 heterocycles. The number of hydrogen-bond acceptors (Lipinski definition) is 2. The molecule has 4 heteroatoms. The van der Waals surface area contributed by atoms with Crippen LogP contribution in [0.4, 0.5) is 5.69 Å². The van der Waals surface area contributed by atoms with E-state index in [4.69, 9.17) is 11.6 Å².